The van der Waals surface area contributed by atoms with Crippen LogP contribution in [0.3, 0.4) is 0 Å². The molecule has 2 heterocycles. The summed E-state index contributed by atoms with van der Waals surface area (Å²) >= 11 is 0. The van der Waals surface area contributed by atoms with Gasteiger partial charge in [-0.05, 0) is 54.3 Å². The van der Waals surface area contributed by atoms with Gasteiger partial charge in [0.15, 0.2) is 0 Å². The first-order valence-electron chi connectivity index (χ1n) is 11.4. The second kappa shape index (κ2) is 10.3. The van der Waals surface area contributed by atoms with Gasteiger partial charge >= 0.3 is 0 Å². The Balaban J connectivity index is 1.24. The summed E-state index contributed by atoms with van der Waals surface area (Å²) in [7, 11) is 0. The lowest BCUT2D eigenvalue weighted by atomic mass is 10.0. The molecule has 1 aliphatic heterocycles. The van der Waals surface area contributed by atoms with Crippen molar-refractivity contribution in [2.24, 2.45) is 0 Å². The molecular weight excluding hydrogens is 416 g/mol. The van der Waals surface area contributed by atoms with Crippen molar-refractivity contribution in [2.75, 3.05) is 17.2 Å². The molecule has 3 aromatic rings. The summed E-state index contributed by atoms with van der Waals surface area (Å²) in [6.07, 6.45) is 6.03. The number of benzene rings is 2. The van der Waals surface area contributed by atoms with Gasteiger partial charge in [0.1, 0.15) is 11.6 Å². The molecule has 0 spiro atoms. The van der Waals surface area contributed by atoms with Crippen molar-refractivity contribution in [3.05, 3.63) is 71.8 Å². The smallest absolute Gasteiger partial charge is 0.224 e. The molecular formula is C26H30N4O3. The number of nitrogens with zero attached hydrogens (tertiary/aromatic N) is 2. The van der Waals surface area contributed by atoms with Crippen molar-refractivity contribution < 1.29 is 14.3 Å². The predicted octanol–water partition coefficient (Wildman–Crippen LogP) is 4.74. The maximum atomic E-state index is 12.4. The number of hydrogen-bond acceptors (Lipinski definition) is 4. The van der Waals surface area contributed by atoms with Crippen molar-refractivity contribution >= 4 is 23.2 Å². The molecule has 0 radical (unpaired) electrons. The third-order valence-corrected chi connectivity index (χ3v) is 5.62. The first kappa shape index (κ1) is 22.6. The van der Waals surface area contributed by atoms with E-state index in [9.17, 15) is 9.59 Å². The number of fused-ring (bicyclic) bond motifs is 1. The highest BCUT2D eigenvalue weighted by Gasteiger charge is 2.15. The molecule has 0 saturated carbocycles. The van der Waals surface area contributed by atoms with Crippen LogP contribution in [0.2, 0.25) is 0 Å². The number of anilines is 2. The highest BCUT2D eigenvalue weighted by atomic mass is 16.5. The number of rotatable bonds is 9. The third kappa shape index (κ3) is 6.00. The topological polar surface area (TPSA) is 85.2 Å². The van der Waals surface area contributed by atoms with Crippen LogP contribution < -0.4 is 15.4 Å². The van der Waals surface area contributed by atoms with E-state index < -0.39 is 0 Å². The Hall–Kier alpha value is -3.61. The summed E-state index contributed by atoms with van der Waals surface area (Å²) in [5, 5.41) is 5.85. The predicted molar refractivity (Wildman–Crippen MR) is 129 cm³/mol. The van der Waals surface area contributed by atoms with Crippen LogP contribution in [0.25, 0.3) is 0 Å². The summed E-state index contributed by atoms with van der Waals surface area (Å²) in [6.45, 7) is 5.43. The molecule has 0 atom stereocenters. The Morgan fingerprint density at radius 2 is 2.09 bits per heavy atom. The lowest BCUT2D eigenvalue weighted by Crippen LogP contribution is -2.18. The van der Waals surface area contributed by atoms with E-state index in [0.29, 0.717) is 31.8 Å². The molecule has 1 aliphatic rings. The Kier molecular flexibility index (Phi) is 7.07. The van der Waals surface area contributed by atoms with Crippen molar-refractivity contribution in [3.8, 4) is 5.75 Å². The summed E-state index contributed by atoms with van der Waals surface area (Å²) in [5.41, 5.74) is 3.84. The van der Waals surface area contributed by atoms with Gasteiger partial charge in [-0.3, -0.25) is 9.59 Å². The lowest BCUT2D eigenvalue weighted by molar-refractivity contribution is -0.117. The monoisotopic (exact) mass is 446 g/mol. The van der Waals surface area contributed by atoms with E-state index in [1.54, 1.807) is 0 Å². The Bertz CT molecular complexity index is 1140. The van der Waals surface area contributed by atoms with Crippen LogP contribution in [0.1, 0.15) is 56.0 Å². The first-order chi connectivity index (χ1) is 16.0. The van der Waals surface area contributed by atoms with Gasteiger partial charge in [0, 0.05) is 49.1 Å². The minimum absolute atomic E-state index is 0.0330. The highest BCUT2D eigenvalue weighted by Crippen LogP contribution is 2.27. The summed E-state index contributed by atoms with van der Waals surface area (Å²) in [6, 6.07) is 13.6. The van der Waals surface area contributed by atoms with Crippen molar-refractivity contribution in [1.29, 1.82) is 0 Å². The lowest BCUT2D eigenvalue weighted by Gasteiger charge is -2.17. The molecule has 0 aliphatic carbocycles. The SMILES string of the molecule is CC(C)c1nccn1Cc1cccc(NC(=O)CCCOc2ccc3c(c2)CCC(=O)N3)c1. The summed E-state index contributed by atoms with van der Waals surface area (Å²) in [5.74, 6) is 2.18. The number of ether oxygens (including phenoxy) is 1. The zero-order valence-electron chi connectivity index (χ0n) is 19.1. The van der Waals surface area contributed by atoms with Crippen LogP contribution in [-0.4, -0.2) is 28.0 Å². The molecule has 33 heavy (non-hydrogen) atoms. The molecule has 172 valence electrons. The molecule has 0 unspecified atom stereocenters. The zero-order valence-corrected chi connectivity index (χ0v) is 19.1. The number of nitrogens with one attached hydrogen (secondary N) is 2. The van der Waals surface area contributed by atoms with E-state index >= 15 is 0 Å². The van der Waals surface area contributed by atoms with Gasteiger partial charge in [-0.25, -0.2) is 4.98 Å². The van der Waals surface area contributed by atoms with E-state index in [1.165, 1.54) is 0 Å². The molecule has 2 N–H and O–H groups in total. The maximum absolute atomic E-state index is 12.4. The second-order valence-corrected chi connectivity index (χ2v) is 8.64. The zero-order chi connectivity index (χ0) is 23.2. The van der Waals surface area contributed by atoms with E-state index in [-0.39, 0.29) is 11.8 Å². The largest absolute Gasteiger partial charge is 0.494 e. The Morgan fingerprint density at radius 1 is 1.21 bits per heavy atom. The van der Waals surface area contributed by atoms with Crippen molar-refractivity contribution in [3.63, 3.8) is 0 Å². The van der Waals surface area contributed by atoms with Gasteiger partial charge in [-0.1, -0.05) is 26.0 Å². The van der Waals surface area contributed by atoms with Crippen molar-refractivity contribution in [2.45, 2.75) is 52.0 Å². The standard InChI is InChI=1S/C26H30N4O3/c1-18(2)26-27-12-13-30(26)17-19-5-3-6-21(15-19)28-24(31)7-4-14-33-22-9-10-23-20(16-22)8-11-25(32)29-23/h3,5-6,9-10,12-13,15-16,18H,4,7-8,11,14,17H2,1-2H3,(H,28,31)(H,29,32). The number of amides is 2. The van der Waals surface area contributed by atoms with Crippen LogP contribution in [0.5, 0.6) is 5.75 Å². The quantitative estimate of drug-likeness (QED) is 0.465. The maximum Gasteiger partial charge on any atom is 0.224 e. The normalized spacial score (nSPS) is 12.9. The summed E-state index contributed by atoms with van der Waals surface area (Å²) in [4.78, 5) is 28.3. The van der Waals surface area contributed by atoms with E-state index in [4.69, 9.17) is 4.74 Å². The van der Waals surface area contributed by atoms with Gasteiger partial charge in [-0.15, -0.1) is 0 Å². The molecule has 2 aromatic carbocycles. The number of carbonyl (C=O) groups is 2. The molecule has 7 heteroatoms. The minimum Gasteiger partial charge on any atom is -0.494 e. The van der Waals surface area contributed by atoms with E-state index in [0.717, 1.165) is 47.0 Å². The Labute approximate surface area is 194 Å². The Morgan fingerprint density at radius 3 is 2.94 bits per heavy atom. The second-order valence-electron chi connectivity index (χ2n) is 8.64. The number of hydrogen-bond donors (Lipinski definition) is 2. The van der Waals surface area contributed by atoms with E-state index in [2.05, 4.69) is 40.1 Å². The van der Waals surface area contributed by atoms with Crippen LogP contribution in [0, 0.1) is 0 Å². The fourth-order valence-electron chi connectivity index (χ4n) is 4.00. The molecule has 7 nitrogen and oxygen atoms in total. The van der Waals surface area contributed by atoms with Gasteiger partial charge in [0.05, 0.1) is 6.61 Å². The van der Waals surface area contributed by atoms with Crippen molar-refractivity contribution in [1.82, 2.24) is 9.55 Å². The van der Waals surface area contributed by atoms with Crippen LogP contribution >= 0.6 is 0 Å². The number of carbonyl (C=O) groups excluding carboxylic acids is 2. The molecule has 0 fully saturated rings. The number of imidazole rings is 1. The average Bonchev–Trinajstić information content (AvgIpc) is 3.25. The van der Waals surface area contributed by atoms with Gasteiger partial charge < -0.3 is 19.9 Å². The molecule has 2 amide bonds. The highest BCUT2D eigenvalue weighted by molar-refractivity contribution is 5.94. The van der Waals surface area contributed by atoms with Gasteiger partial charge in [0.25, 0.3) is 0 Å². The van der Waals surface area contributed by atoms with Crippen LogP contribution in [-0.2, 0) is 22.6 Å². The number of aromatic nitrogens is 2. The molecule has 4 rings (SSSR count). The van der Waals surface area contributed by atoms with Gasteiger partial charge in [0.2, 0.25) is 11.8 Å². The fourth-order valence-corrected chi connectivity index (χ4v) is 4.00. The first-order valence-corrected chi connectivity index (χ1v) is 11.4. The van der Waals surface area contributed by atoms with E-state index in [1.807, 2.05) is 48.8 Å². The molecule has 0 saturated heterocycles. The van der Waals surface area contributed by atoms with Crippen LogP contribution in [0.15, 0.2) is 54.9 Å². The third-order valence-electron chi connectivity index (χ3n) is 5.62. The molecule has 1 aromatic heterocycles. The van der Waals surface area contributed by atoms with Crippen LogP contribution in [0.4, 0.5) is 11.4 Å². The molecule has 0 bridgehead atoms. The van der Waals surface area contributed by atoms with Gasteiger partial charge in [-0.2, -0.15) is 0 Å². The number of aryl methyl sites for hydroxylation is 1. The fraction of sp³-hybridized carbons (Fsp3) is 0.346. The summed E-state index contributed by atoms with van der Waals surface area (Å²) < 4.78 is 7.94. The minimum atomic E-state index is -0.0330. The average molecular weight is 447 g/mol.